The lowest BCUT2D eigenvalue weighted by atomic mass is 9.88. The molecule has 0 amide bonds. The molecule has 1 aromatic heterocycles. The highest BCUT2D eigenvalue weighted by atomic mass is 79.9. The van der Waals surface area contributed by atoms with Crippen LogP contribution in [0.3, 0.4) is 0 Å². The molecule has 4 aromatic rings. The van der Waals surface area contributed by atoms with E-state index in [0.717, 1.165) is 58.1 Å². The van der Waals surface area contributed by atoms with Crippen LogP contribution in [-0.2, 0) is 0 Å². The zero-order valence-electron chi connectivity index (χ0n) is 17.9. The third-order valence-electron chi connectivity index (χ3n) is 6.26. The van der Waals surface area contributed by atoms with Gasteiger partial charge < -0.3 is 4.74 Å². The maximum atomic E-state index is 13.5. The van der Waals surface area contributed by atoms with Crippen LogP contribution in [0.1, 0.15) is 49.4 Å². The van der Waals surface area contributed by atoms with Gasteiger partial charge in [0.1, 0.15) is 11.6 Å². The Morgan fingerprint density at radius 2 is 1.88 bits per heavy atom. The molecule has 0 N–H and O–H groups in total. The molecule has 32 heavy (non-hydrogen) atoms. The van der Waals surface area contributed by atoms with E-state index >= 15 is 0 Å². The van der Waals surface area contributed by atoms with Gasteiger partial charge >= 0.3 is 0 Å². The number of rotatable bonds is 4. The fourth-order valence-electron chi connectivity index (χ4n) is 4.60. The summed E-state index contributed by atoms with van der Waals surface area (Å²) < 4.78 is 7.96. The Balaban J connectivity index is 1.72. The fourth-order valence-corrected chi connectivity index (χ4v) is 4.97. The van der Waals surface area contributed by atoms with Gasteiger partial charge in [-0.3, -0.25) is 4.79 Å². The van der Waals surface area contributed by atoms with E-state index in [-0.39, 0.29) is 11.5 Å². The van der Waals surface area contributed by atoms with Crippen molar-refractivity contribution in [2.75, 3.05) is 7.11 Å². The summed E-state index contributed by atoms with van der Waals surface area (Å²) in [5, 5.41) is 7.39. The molecule has 162 valence electrons. The summed E-state index contributed by atoms with van der Waals surface area (Å²) in [6.07, 6.45) is 7.33. The molecule has 1 aliphatic carbocycles. The maximum absolute atomic E-state index is 13.5. The Labute approximate surface area is 194 Å². The molecular weight excluding hydrogens is 466 g/mol. The SMILES string of the molecule is COc1ccc2ccccc2c1C=Nn1c(C2CCCCC2)nc2ccc(Br)cc2c1=O. The monoisotopic (exact) mass is 489 g/mol. The van der Waals surface area contributed by atoms with Crippen LogP contribution in [0.25, 0.3) is 21.7 Å². The predicted molar refractivity (Wildman–Crippen MR) is 133 cm³/mol. The van der Waals surface area contributed by atoms with Gasteiger partial charge in [-0.2, -0.15) is 9.78 Å². The van der Waals surface area contributed by atoms with E-state index in [0.29, 0.717) is 10.9 Å². The molecule has 0 bridgehead atoms. The number of benzene rings is 3. The first-order chi connectivity index (χ1) is 15.7. The van der Waals surface area contributed by atoms with Crippen molar-refractivity contribution in [3.05, 3.63) is 80.8 Å². The zero-order valence-corrected chi connectivity index (χ0v) is 19.5. The summed E-state index contributed by atoms with van der Waals surface area (Å²) in [7, 11) is 1.65. The number of ether oxygens (including phenoxy) is 1. The molecule has 0 atom stereocenters. The van der Waals surface area contributed by atoms with Gasteiger partial charge in [-0.1, -0.05) is 65.5 Å². The van der Waals surface area contributed by atoms with Crippen LogP contribution >= 0.6 is 15.9 Å². The van der Waals surface area contributed by atoms with E-state index in [1.54, 1.807) is 13.3 Å². The molecule has 3 aromatic carbocycles. The Hall–Kier alpha value is -2.99. The van der Waals surface area contributed by atoms with E-state index in [4.69, 9.17) is 14.8 Å². The minimum atomic E-state index is -0.146. The smallest absolute Gasteiger partial charge is 0.282 e. The lowest BCUT2D eigenvalue weighted by molar-refractivity contribution is 0.414. The number of hydrogen-bond donors (Lipinski definition) is 0. The van der Waals surface area contributed by atoms with Gasteiger partial charge in [0.25, 0.3) is 5.56 Å². The zero-order chi connectivity index (χ0) is 22.1. The molecule has 0 unspecified atom stereocenters. The number of fused-ring (bicyclic) bond motifs is 2. The molecule has 5 nitrogen and oxygen atoms in total. The van der Waals surface area contributed by atoms with Crippen molar-refractivity contribution < 1.29 is 4.74 Å². The van der Waals surface area contributed by atoms with Crippen molar-refractivity contribution in [1.82, 2.24) is 9.66 Å². The van der Waals surface area contributed by atoms with Gasteiger partial charge in [-0.15, -0.1) is 0 Å². The molecule has 1 heterocycles. The first-order valence-electron chi connectivity index (χ1n) is 11.0. The second kappa shape index (κ2) is 8.87. The molecule has 0 aliphatic heterocycles. The van der Waals surface area contributed by atoms with Crippen molar-refractivity contribution in [2.45, 2.75) is 38.0 Å². The summed E-state index contributed by atoms with van der Waals surface area (Å²) in [6, 6.07) is 17.7. The third kappa shape index (κ3) is 3.84. The average Bonchev–Trinajstić information content (AvgIpc) is 2.84. The molecule has 0 saturated heterocycles. The molecule has 1 saturated carbocycles. The van der Waals surface area contributed by atoms with E-state index in [2.05, 4.69) is 22.0 Å². The normalized spacial score (nSPS) is 15.1. The Morgan fingerprint density at radius 3 is 2.69 bits per heavy atom. The highest BCUT2D eigenvalue weighted by molar-refractivity contribution is 9.10. The van der Waals surface area contributed by atoms with Gasteiger partial charge in [-0.05, 0) is 47.9 Å². The highest BCUT2D eigenvalue weighted by Gasteiger charge is 2.22. The topological polar surface area (TPSA) is 56.5 Å². The molecule has 6 heteroatoms. The van der Waals surface area contributed by atoms with Gasteiger partial charge in [0, 0.05) is 16.0 Å². The molecule has 1 aliphatic rings. The van der Waals surface area contributed by atoms with Crippen LogP contribution in [0, 0.1) is 0 Å². The largest absolute Gasteiger partial charge is 0.496 e. The quantitative estimate of drug-likeness (QED) is 0.318. The molecular formula is C26H24BrN3O2. The van der Waals surface area contributed by atoms with Crippen LogP contribution in [0.2, 0.25) is 0 Å². The summed E-state index contributed by atoms with van der Waals surface area (Å²) in [5.74, 6) is 1.70. The van der Waals surface area contributed by atoms with E-state index in [1.807, 2.05) is 48.5 Å². The third-order valence-corrected chi connectivity index (χ3v) is 6.75. The fraction of sp³-hybridized carbons (Fsp3) is 0.269. The summed E-state index contributed by atoms with van der Waals surface area (Å²) in [6.45, 7) is 0. The molecule has 0 radical (unpaired) electrons. The summed E-state index contributed by atoms with van der Waals surface area (Å²) in [5.41, 5.74) is 1.42. The second-order valence-corrected chi connectivity index (χ2v) is 9.15. The lowest BCUT2D eigenvalue weighted by Crippen LogP contribution is -2.25. The number of aromatic nitrogens is 2. The van der Waals surface area contributed by atoms with Crippen LogP contribution in [0.5, 0.6) is 5.75 Å². The minimum Gasteiger partial charge on any atom is -0.496 e. The van der Waals surface area contributed by atoms with Crippen LogP contribution in [-0.4, -0.2) is 23.0 Å². The van der Waals surface area contributed by atoms with Crippen LogP contribution in [0.15, 0.2) is 69.0 Å². The number of nitrogens with zero attached hydrogens (tertiary/aromatic N) is 3. The Bertz CT molecular complexity index is 1390. The number of methoxy groups -OCH3 is 1. The van der Waals surface area contributed by atoms with Crippen LogP contribution in [0.4, 0.5) is 0 Å². The minimum absolute atomic E-state index is 0.146. The summed E-state index contributed by atoms with van der Waals surface area (Å²) >= 11 is 3.48. The van der Waals surface area contributed by atoms with Gasteiger partial charge in [-0.25, -0.2) is 4.98 Å². The van der Waals surface area contributed by atoms with E-state index < -0.39 is 0 Å². The molecule has 5 rings (SSSR count). The molecule has 0 spiro atoms. The molecule has 1 fully saturated rings. The van der Waals surface area contributed by atoms with Crippen molar-refractivity contribution in [2.24, 2.45) is 5.10 Å². The maximum Gasteiger partial charge on any atom is 0.282 e. The van der Waals surface area contributed by atoms with E-state index in [1.165, 1.54) is 11.1 Å². The Morgan fingerprint density at radius 1 is 1.06 bits per heavy atom. The van der Waals surface area contributed by atoms with Crippen molar-refractivity contribution in [3.8, 4) is 5.75 Å². The van der Waals surface area contributed by atoms with Gasteiger partial charge in [0.05, 0.1) is 24.2 Å². The first-order valence-corrected chi connectivity index (χ1v) is 11.8. The van der Waals surface area contributed by atoms with Crippen molar-refractivity contribution >= 4 is 43.8 Å². The van der Waals surface area contributed by atoms with Crippen molar-refractivity contribution in [1.29, 1.82) is 0 Å². The summed E-state index contributed by atoms with van der Waals surface area (Å²) in [4.78, 5) is 18.5. The average molecular weight is 490 g/mol. The second-order valence-electron chi connectivity index (χ2n) is 8.23. The van der Waals surface area contributed by atoms with Gasteiger partial charge in [0.15, 0.2) is 0 Å². The number of halogens is 1. The van der Waals surface area contributed by atoms with Crippen LogP contribution < -0.4 is 10.3 Å². The number of hydrogen-bond acceptors (Lipinski definition) is 4. The highest BCUT2D eigenvalue weighted by Crippen LogP contribution is 2.32. The first kappa shape index (κ1) is 20.9. The standard InChI is InChI=1S/C26H24BrN3O2/c1-32-24-14-11-17-7-5-6-10-20(17)22(24)16-28-30-25(18-8-3-2-4-9-18)29-23-13-12-19(27)15-21(23)26(30)31/h5-7,10-16,18H,2-4,8-9H2,1H3. The lowest BCUT2D eigenvalue weighted by Gasteiger charge is -2.22. The van der Waals surface area contributed by atoms with Gasteiger partial charge in [0.2, 0.25) is 0 Å². The predicted octanol–water partition coefficient (Wildman–Crippen LogP) is 6.25. The van der Waals surface area contributed by atoms with E-state index in [9.17, 15) is 4.79 Å². The van der Waals surface area contributed by atoms with Crippen molar-refractivity contribution in [3.63, 3.8) is 0 Å². The Kier molecular flexibility index (Phi) is 5.79.